The van der Waals surface area contributed by atoms with Crippen LogP contribution in [0.1, 0.15) is 38.8 Å². The Morgan fingerprint density at radius 3 is 2.59 bits per heavy atom. The van der Waals surface area contributed by atoms with E-state index >= 15 is 0 Å². The first-order valence-corrected chi connectivity index (χ1v) is 13.1. The molecule has 0 amide bonds. The van der Waals surface area contributed by atoms with Gasteiger partial charge in [-0.15, -0.1) is 10.2 Å². The number of hydrogen-bond acceptors (Lipinski definition) is 8. The van der Waals surface area contributed by atoms with Gasteiger partial charge in [-0.25, -0.2) is 9.37 Å². The Bertz CT molecular complexity index is 1580. The number of nitrogens with zero attached hydrogens (tertiary/aromatic N) is 5. The predicted molar refractivity (Wildman–Crippen MR) is 143 cm³/mol. The van der Waals surface area contributed by atoms with Gasteiger partial charge in [-0.3, -0.25) is 14.1 Å². The van der Waals surface area contributed by atoms with Crippen molar-refractivity contribution in [2.75, 3.05) is 26.3 Å². The Morgan fingerprint density at radius 2 is 1.90 bits per heavy atom. The first-order chi connectivity index (χ1) is 19.3. The van der Waals surface area contributed by atoms with E-state index in [0.29, 0.717) is 28.7 Å². The molecule has 2 N–H and O–H groups in total. The fourth-order valence-electron chi connectivity index (χ4n) is 4.76. The Morgan fingerprint density at radius 1 is 1.12 bits per heavy atom. The van der Waals surface area contributed by atoms with Crippen LogP contribution in [0, 0.1) is 11.2 Å². The quantitative estimate of drug-likeness (QED) is 0.193. The predicted octanol–water partition coefficient (Wildman–Crippen LogP) is 4.69. The second kappa shape index (κ2) is 10.9. The summed E-state index contributed by atoms with van der Waals surface area (Å²) in [7, 11) is 0. The van der Waals surface area contributed by atoms with Gasteiger partial charge in [0.1, 0.15) is 24.9 Å². The zero-order chi connectivity index (χ0) is 29.5. The maximum atomic E-state index is 14.7. The number of likely N-dealkylation sites (tertiary alicyclic amines) is 1. The van der Waals surface area contributed by atoms with Crippen molar-refractivity contribution in [2.45, 2.75) is 45.5 Å². The average Bonchev–Trinajstić information content (AvgIpc) is 3.51. The number of pyridine rings is 2. The van der Waals surface area contributed by atoms with Crippen LogP contribution in [-0.2, 0) is 9.53 Å². The maximum Gasteiger partial charge on any atom is 0.408 e. The summed E-state index contributed by atoms with van der Waals surface area (Å²) in [4.78, 5) is 17.8. The lowest BCUT2D eigenvalue weighted by Crippen LogP contribution is -2.38. The number of esters is 1. The molecule has 0 bridgehead atoms. The van der Waals surface area contributed by atoms with Gasteiger partial charge in [-0.05, 0) is 51.0 Å². The van der Waals surface area contributed by atoms with Gasteiger partial charge in [-0.1, -0.05) is 12.1 Å². The average molecular weight is 575 g/mol. The second-order valence-electron chi connectivity index (χ2n) is 11.1. The molecule has 2 atom stereocenters. The van der Waals surface area contributed by atoms with E-state index < -0.39 is 29.4 Å². The van der Waals surface area contributed by atoms with E-state index in [9.17, 15) is 22.4 Å². The number of alkyl halides is 3. The Kier molecular flexibility index (Phi) is 7.60. The van der Waals surface area contributed by atoms with Crippen LogP contribution in [0.25, 0.3) is 28.1 Å². The molecule has 1 aromatic carbocycles. The number of carbonyl (C=O) groups excluding carboxylic acids is 1. The van der Waals surface area contributed by atoms with Gasteiger partial charge in [0.25, 0.3) is 0 Å². The second-order valence-corrected chi connectivity index (χ2v) is 11.1. The Labute approximate surface area is 233 Å². The van der Waals surface area contributed by atoms with Crippen molar-refractivity contribution < 1.29 is 31.8 Å². The third-order valence-corrected chi connectivity index (χ3v) is 6.83. The van der Waals surface area contributed by atoms with Crippen LogP contribution < -0.4 is 10.5 Å². The fourth-order valence-corrected chi connectivity index (χ4v) is 4.76. The molecule has 4 heterocycles. The molecule has 1 aliphatic heterocycles. The van der Waals surface area contributed by atoms with Crippen molar-refractivity contribution in [3.63, 3.8) is 0 Å². The third-order valence-electron chi connectivity index (χ3n) is 6.83. The van der Waals surface area contributed by atoms with E-state index in [0.717, 1.165) is 0 Å². The molecule has 1 fully saturated rings. The molecular formula is C28H30F4N6O3. The summed E-state index contributed by atoms with van der Waals surface area (Å²) in [5, 5.41) is 8.74. The topological polar surface area (TPSA) is 108 Å². The maximum absolute atomic E-state index is 14.7. The zero-order valence-corrected chi connectivity index (χ0v) is 22.8. The van der Waals surface area contributed by atoms with E-state index in [1.54, 1.807) is 32.9 Å². The smallest absolute Gasteiger partial charge is 0.408 e. The molecule has 218 valence electrons. The number of fused-ring (bicyclic) bond motifs is 2. The summed E-state index contributed by atoms with van der Waals surface area (Å²) < 4.78 is 69.3. The summed E-state index contributed by atoms with van der Waals surface area (Å²) in [5.74, 6) is -0.880. The largest absolute Gasteiger partial charge is 0.487 e. The molecule has 1 aliphatic rings. The number of carbonyl (C=O) groups is 1. The Balaban J connectivity index is 1.43. The van der Waals surface area contributed by atoms with Gasteiger partial charge in [0.05, 0.1) is 10.9 Å². The van der Waals surface area contributed by atoms with Crippen molar-refractivity contribution in [1.29, 1.82) is 0 Å². The first kappa shape index (κ1) is 28.7. The normalized spacial score (nSPS) is 17.3. The van der Waals surface area contributed by atoms with Crippen molar-refractivity contribution in [1.82, 2.24) is 24.5 Å². The van der Waals surface area contributed by atoms with Crippen molar-refractivity contribution >= 4 is 22.5 Å². The summed E-state index contributed by atoms with van der Waals surface area (Å²) in [6.45, 7) is 5.43. The molecule has 13 heteroatoms. The fraction of sp³-hybridized carbons (Fsp3) is 0.429. The highest BCUT2D eigenvalue weighted by Crippen LogP contribution is 2.39. The van der Waals surface area contributed by atoms with E-state index in [4.69, 9.17) is 15.2 Å². The van der Waals surface area contributed by atoms with Gasteiger partial charge in [-0.2, -0.15) is 13.2 Å². The van der Waals surface area contributed by atoms with Crippen LogP contribution in [0.15, 0.2) is 42.6 Å². The molecule has 0 spiro atoms. The van der Waals surface area contributed by atoms with Crippen LogP contribution in [0.5, 0.6) is 5.75 Å². The van der Waals surface area contributed by atoms with Gasteiger partial charge >= 0.3 is 12.1 Å². The molecule has 9 nitrogen and oxygen atoms in total. The lowest BCUT2D eigenvalue weighted by atomic mass is 9.97. The SMILES string of the molecule is CC(C)(C)C(=O)OCCOc1cc2nc(-c3nnc4ccc(C(N5CCC(N)C5)C(F)(F)F)cn34)ccc2cc1F. The number of aromatic nitrogens is 4. The molecule has 41 heavy (non-hydrogen) atoms. The molecule has 2 unspecified atom stereocenters. The monoisotopic (exact) mass is 574 g/mol. The first-order valence-electron chi connectivity index (χ1n) is 13.1. The van der Waals surface area contributed by atoms with Gasteiger partial charge in [0, 0.05) is 36.8 Å². The number of halogens is 4. The minimum absolute atomic E-state index is 0.0332. The number of rotatable bonds is 7. The van der Waals surface area contributed by atoms with Crippen LogP contribution >= 0.6 is 0 Å². The number of nitrogens with two attached hydrogens (primary N) is 1. The minimum atomic E-state index is -4.52. The third kappa shape index (κ3) is 6.10. The van der Waals surface area contributed by atoms with Gasteiger partial charge < -0.3 is 15.2 Å². The molecule has 0 aliphatic carbocycles. The molecular weight excluding hydrogens is 544 g/mol. The van der Waals surface area contributed by atoms with E-state index in [2.05, 4.69) is 15.2 Å². The molecule has 5 rings (SSSR count). The van der Waals surface area contributed by atoms with E-state index in [-0.39, 0.29) is 49.5 Å². The van der Waals surface area contributed by atoms with Crippen LogP contribution in [0.2, 0.25) is 0 Å². The van der Waals surface area contributed by atoms with Crippen molar-refractivity contribution in [3.05, 3.63) is 54.0 Å². The van der Waals surface area contributed by atoms with Gasteiger partial charge in [0.15, 0.2) is 23.0 Å². The zero-order valence-electron chi connectivity index (χ0n) is 22.8. The van der Waals surface area contributed by atoms with Crippen molar-refractivity contribution in [2.24, 2.45) is 11.1 Å². The summed E-state index contributed by atoms with van der Waals surface area (Å²) in [5.41, 5.74) is 6.30. The number of ether oxygens (including phenoxy) is 2. The van der Waals surface area contributed by atoms with Crippen LogP contribution in [0.4, 0.5) is 17.6 Å². The Hall–Kier alpha value is -3.84. The van der Waals surface area contributed by atoms with Crippen LogP contribution in [-0.4, -0.2) is 69.0 Å². The standard InChI is InChI=1S/C28H30F4N6O3/c1-27(2,3)26(39)41-11-10-40-22-13-21-16(12-19(22)29)4-6-20(34-21)25-36-35-23-7-5-17(14-38(23)25)24(28(30,31)32)37-9-8-18(33)15-37/h4-7,12-14,18,24H,8-11,15,33H2,1-3H3. The molecule has 0 saturated carbocycles. The minimum Gasteiger partial charge on any atom is -0.487 e. The molecule has 0 radical (unpaired) electrons. The van der Waals surface area contributed by atoms with Gasteiger partial charge in [0.2, 0.25) is 0 Å². The number of hydrogen-bond donors (Lipinski definition) is 1. The highest BCUT2D eigenvalue weighted by molar-refractivity contribution is 5.82. The van der Waals surface area contributed by atoms with Crippen molar-refractivity contribution in [3.8, 4) is 17.3 Å². The molecule has 1 saturated heterocycles. The summed E-state index contributed by atoms with van der Waals surface area (Å²) >= 11 is 0. The summed E-state index contributed by atoms with van der Waals surface area (Å²) in [6.07, 6.45) is -2.66. The van der Waals surface area contributed by atoms with E-state index in [1.165, 1.54) is 39.8 Å². The highest BCUT2D eigenvalue weighted by Gasteiger charge is 2.46. The molecule has 4 aromatic rings. The number of benzene rings is 1. The highest BCUT2D eigenvalue weighted by atomic mass is 19.4. The lowest BCUT2D eigenvalue weighted by Gasteiger charge is -2.30. The van der Waals surface area contributed by atoms with Crippen LogP contribution in [0.3, 0.4) is 0 Å². The molecule has 3 aromatic heterocycles. The summed E-state index contributed by atoms with van der Waals surface area (Å²) in [6, 6.07) is 6.63. The lowest BCUT2D eigenvalue weighted by molar-refractivity contribution is -0.183. The van der Waals surface area contributed by atoms with E-state index in [1.807, 2.05) is 0 Å².